The van der Waals surface area contributed by atoms with E-state index in [9.17, 15) is 18.0 Å². The van der Waals surface area contributed by atoms with Gasteiger partial charge in [-0.1, -0.05) is 37.7 Å². The summed E-state index contributed by atoms with van der Waals surface area (Å²) >= 11 is 1.28. The normalized spacial score (nSPS) is 11.6. The standard InChI is InChI=1S/C20H29N5O4S2/c1-5-24(6-2)31(28,29)17-10-8-16(9-11-17)18(27)14-30-20-23-22-19(25(20)7-3)12-13-21-15(4)26/h8-11H,5-7,12-14H2,1-4H3,(H,21,26). The number of hydrogen-bond donors (Lipinski definition) is 1. The van der Waals surface area contributed by atoms with Crippen LogP contribution >= 0.6 is 11.8 Å². The van der Waals surface area contributed by atoms with E-state index in [2.05, 4.69) is 15.5 Å². The number of sulfonamides is 1. The molecular weight excluding hydrogens is 438 g/mol. The average molecular weight is 468 g/mol. The zero-order valence-corrected chi connectivity index (χ0v) is 19.9. The molecule has 0 aliphatic rings. The van der Waals surface area contributed by atoms with Gasteiger partial charge < -0.3 is 9.88 Å². The molecule has 1 aromatic carbocycles. The molecule has 11 heteroatoms. The van der Waals surface area contributed by atoms with E-state index in [0.29, 0.717) is 43.3 Å². The second kappa shape index (κ2) is 11.4. The minimum atomic E-state index is -3.55. The first-order valence-electron chi connectivity index (χ1n) is 10.2. The van der Waals surface area contributed by atoms with Gasteiger partial charge in [0.15, 0.2) is 10.9 Å². The number of nitrogens with zero attached hydrogens (tertiary/aromatic N) is 4. The maximum Gasteiger partial charge on any atom is 0.243 e. The summed E-state index contributed by atoms with van der Waals surface area (Å²) in [6.07, 6.45) is 0.553. The van der Waals surface area contributed by atoms with Crippen molar-refractivity contribution < 1.29 is 18.0 Å². The number of nitrogens with one attached hydrogen (secondary N) is 1. The van der Waals surface area contributed by atoms with E-state index >= 15 is 0 Å². The third kappa shape index (κ3) is 6.37. The number of hydrogen-bond acceptors (Lipinski definition) is 7. The number of carbonyl (C=O) groups excluding carboxylic acids is 2. The Kier molecular flexibility index (Phi) is 9.20. The largest absolute Gasteiger partial charge is 0.356 e. The molecule has 1 aromatic heterocycles. The molecule has 0 bridgehead atoms. The van der Waals surface area contributed by atoms with Gasteiger partial charge in [0.05, 0.1) is 10.6 Å². The van der Waals surface area contributed by atoms with E-state index in [0.717, 1.165) is 5.82 Å². The van der Waals surface area contributed by atoms with Crippen LogP contribution in [0.4, 0.5) is 0 Å². The molecule has 1 heterocycles. The Balaban J connectivity index is 2.03. The summed E-state index contributed by atoms with van der Waals surface area (Å²) in [5, 5.41) is 11.7. The first-order chi connectivity index (χ1) is 14.7. The fourth-order valence-electron chi connectivity index (χ4n) is 3.02. The Labute approximate surface area is 187 Å². The number of thioether (sulfide) groups is 1. The second-order valence-electron chi connectivity index (χ2n) is 6.70. The lowest BCUT2D eigenvalue weighted by Crippen LogP contribution is -2.30. The summed E-state index contributed by atoms with van der Waals surface area (Å²) in [5.74, 6) is 0.685. The molecule has 0 atom stereocenters. The smallest absolute Gasteiger partial charge is 0.243 e. The van der Waals surface area contributed by atoms with Crippen molar-refractivity contribution in [2.45, 2.75) is 50.7 Å². The summed E-state index contributed by atoms with van der Waals surface area (Å²) in [7, 11) is -3.55. The first kappa shape index (κ1) is 25.0. The molecule has 2 rings (SSSR count). The molecule has 0 saturated carbocycles. The number of aromatic nitrogens is 3. The molecule has 0 aliphatic heterocycles. The third-order valence-electron chi connectivity index (χ3n) is 4.68. The number of carbonyl (C=O) groups is 2. The topological polar surface area (TPSA) is 114 Å². The zero-order chi connectivity index (χ0) is 23.0. The first-order valence-corrected chi connectivity index (χ1v) is 12.6. The predicted molar refractivity (Wildman–Crippen MR) is 120 cm³/mol. The molecule has 9 nitrogen and oxygen atoms in total. The van der Waals surface area contributed by atoms with Gasteiger partial charge in [0.25, 0.3) is 0 Å². The Morgan fingerprint density at radius 2 is 1.74 bits per heavy atom. The Morgan fingerprint density at radius 3 is 2.29 bits per heavy atom. The summed E-state index contributed by atoms with van der Waals surface area (Å²) < 4.78 is 28.4. The van der Waals surface area contributed by atoms with Gasteiger partial charge >= 0.3 is 0 Å². The minimum Gasteiger partial charge on any atom is -0.356 e. The quantitative estimate of drug-likeness (QED) is 0.375. The minimum absolute atomic E-state index is 0.0985. The molecule has 0 spiro atoms. The van der Waals surface area contributed by atoms with E-state index in [1.807, 2.05) is 11.5 Å². The van der Waals surface area contributed by atoms with Crippen LogP contribution in [0.3, 0.4) is 0 Å². The molecule has 31 heavy (non-hydrogen) atoms. The van der Waals surface area contributed by atoms with E-state index in [1.54, 1.807) is 26.0 Å². The van der Waals surface area contributed by atoms with E-state index < -0.39 is 10.0 Å². The number of rotatable bonds is 12. The lowest BCUT2D eigenvalue weighted by atomic mass is 10.1. The van der Waals surface area contributed by atoms with Crippen LogP contribution in [0, 0.1) is 0 Å². The van der Waals surface area contributed by atoms with Crippen LogP contribution in [-0.2, 0) is 27.8 Å². The van der Waals surface area contributed by atoms with Gasteiger partial charge in [-0.05, 0) is 19.1 Å². The maximum atomic E-state index is 12.6. The second-order valence-corrected chi connectivity index (χ2v) is 9.58. The van der Waals surface area contributed by atoms with Crippen LogP contribution in [0.15, 0.2) is 34.3 Å². The van der Waals surface area contributed by atoms with Gasteiger partial charge in [-0.2, -0.15) is 4.31 Å². The van der Waals surface area contributed by atoms with Crippen LogP contribution in [-0.4, -0.2) is 64.6 Å². The van der Waals surface area contributed by atoms with Gasteiger partial charge in [0, 0.05) is 45.1 Å². The fourth-order valence-corrected chi connectivity index (χ4v) is 5.39. The molecular formula is C20H29N5O4S2. The van der Waals surface area contributed by atoms with Crippen LogP contribution in [0.1, 0.15) is 43.9 Å². The van der Waals surface area contributed by atoms with Crippen LogP contribution < -0.4 is 5.32 Å². The van der Waals surface area contributed by atoms with Crippen molar-refractivity contribution in [1.29, 1.82) is 0 Å². The number of amides is 1. The molecule has 0 radical (unpaired) electrons. The molecule has 0 aliphatic carbocycles. The summed E-state index contributed by atoms with van der Waals surface area (Å²) in [4.78, 5) is 23.8. The van der Waals surface area contributed by atoms with E-state index in [-0.39, 0.29) is 22.3 Å². The number of benzene rings is 1. The van der Waals surface area contributed by atoms with Crippen LogP contribution in [0.25, 0.3) is 0 Å². The highest BCUT2D eigenvalue weighted by molar-refractivity contribution is 7.99. The molecule has 0 fully saturated rings. The van der Waals surface area contributed by atoms with Gasteiger partial charge in [-0.25, -0.2) is 8.42 Å². The van der Waals surface area contributed by atoms with Crippen molar-refractivity contribution >= 4 is 33.5 Å². The van der Waals surface area contributed by atoms with E-state index in [1.165, 1.54) is 35.1 Å². The highest BCUT2D eigenvalue weighted by Gasteiger charge is 2.22. The van der Waals surface area contributed by atoms with Crippen molar-refractivity contribution in [3.63, 3.8) is 0 Å². The Morgan fingerprint density at radius 1 is 1.10 bits per heavy atom. The molecule has 1 N–H and O–H groups in total. The van der Waals surface area contributed by atoms with Gasteiger partial charge in [-0.15, -0.1) is 10.2 Å². The van der Waals surface area contributed by atoms with Crippen LogP contribution in [0.2, 0.25) is 0 Å². The molecule has 0 saturated heterocycles. The summed E-state index contributed by atoms with van der Waals surface area (Å²) in [6, 6.07) is 6.03. The number of ketones is 1. The lowest BCUT2D eigenvalue weighted by molar-refractivity contribution is -0.118. The summed E-state index contributed by atoms with van der Waals surface area (Å²) in [5.41, 5.74) is 0.444. The maximum absolute atomic E-state index is 12.6. The lowest BCUT2D eigenvalue weighted by Gasteiger charge is -2.18. The molecule has 170 valence electrons. The monoisotopic (exact) mass is 467 g/mol. The SMILES string of the molecule is CCN(CC)S(=O)(=O)c1ccc(C(=O)CSc2nnc(CCNC(C)=O)n2CC)cc1. The molecule has 0 unspecified atom stereocenters. The zero-order valence-electron chi connectivity index (χ0n) is 18.3. The Bertz CT molecular complexity index is 999. The van der Waals surface area contributed by atoms with Crippen molar-refractivity contribution in [1.82, 2.24) is 24.4 Å². The van der Waals surface area contributed by atoms with E-state index in [4.69, 9.17) is 0 Å². The molecule has 1 amide bonds. The average Bonchev–Trinajstić information content (AvgIpc) is 3.14. The molecule has 2 aromatic rings. The predicted octanol–water partition coefficient (Wildman–Crippen LogP) is 1.98. The van der Waals surface area contributed by atoms with Crippen molar-refractivity contribution in [3.05, 3.63) is 35.7 Å². The van der Waals surface area contributed by atoms with Gasteiger partial charge in [-0.3, -0.25) is 9.59 Å². The highest BCUT2D eigenvalue weighted by Crippen LogP contribution is 2.21. The fraction of sp³-hybridized carbons (Fsp3) is 0.500. The summed E-state index contributed by atoms with van der Waals surface area (Å²) in [6.45, 7) is 8.90. The van der Waals surface area contributed by atoms with Crippen molar-refractivity contribution in [2.24, 2.45) is 0 Å². The Hall–Kier alpha value is -2.24. The van der Waals surface area contributed by atoms with Gasteiger partial charge in [0.1, 0.15) is 5.82 Å². The number of Topliss-reactive ketones (excluding diaryl/α,β-unsaturated/α-hetero) is 1. The van der Waals surface area contributed by atoms with Crippen LogP contribution in [0.5, 0.6) is 0 Å². The highest BCUT2D eigenvalue weighted by atomic mass is 32.2. The third-order valence-corrected chi connectivity index (χ3v) is 7.71. The van der Waals surface area contributed by atoms with Crippen molar-refractivity contribution in [3.8, 4) is 0 Å². The van der Waals surface area contributed by atoms with Gasteiger partial charge in [0.2, 0.25) is 15.9 Å². The van der Waals surface area contributed by atoms with Crippen molar-refractivity contribution in [2.75, 3.05) is 25.4 Å².